The van der Waals surface area contributed by atoms with E-state index in [1.54, 1.807) is 18.2 Å². The van der Waals surface area contributed by atoms with Gasteiger partial charge in [0.2, 0.25) is 5.95 Å². The van der Waals surface area contributed by atoms with Gasteiger partial charge in [0, 0.05) is 33.5 Å². The molecule has 0 radical (unpaired) electrons. The zero-order chi connectivity index (χ0) is 29.8. The van der Waals surface area contributed by atoms with Crippen LogP contribution in [0.4, 0.5) is 17.6 Å². The number of H-pyrrole nitrogens is 1. The maximum absolute atomic E-state index is 15.2. The first kappa shape index (κ1) is 25.8. The van der Waals surface area contributed by atoms with Gasteiger partial charge in [0.05, 0.1) is 29.3 Å². The lowest BCUT2D eigenvalue weighted by molar-refractivity contribution is -0.141. The molecule has 1 N–H and O–H groups in total. The van der Waals surface area contributed by atoms with Crippen molar-refractivity contribution in [2.45, 2.75) is 31.5 Å². The number of aromatic amines is 1. The molecule has 5 heterocycles. The number of rotatable bonds is 4. The van der Waals surface area contributed by atoms with Crippen molar-refractivity contribution >= 4 is 22.6 Å². The molecule has 0 spiro atoms. The molecule has 6 aromatic rings. The van der Waals surface area contributed by atoms with Gasteiger partial charge in [-0.2, -0.15) is 17.6 Å². The van der Waals surface area contributed by atoms with Crippen molar-refractivity contribution in [1.29, 1.82) is 0 Å². The number of alkyl halides is 3. The van der Waals surface area contributed by atoms with E-state index in [0.717, 1.165) is 22.0 Å². The molecule has 0 amide bonds. The molecule has 4 aromatic heterocycles. The molecule has 3 atom stereocenters. The molecule has 10 nitrogen and oxygen atoms in total. The van der Waals surface area contributed by atoms with Crippen LogP contribution in [0.5, 0.6) is 0 Å². The van der Waals surface area contributed by atoms with Crippen LogP contribution in [-0.4, -0.2) is 39.7 Å². The third-order valence-electron chi connectivity index (χ3n) is 7.98. The van der Waals surface area contributed by atoms with Crippen molar-refractivity contribution in [3.8, 4) is 28.2 Å². The molecule has 1 fully saturated rings. The lowest BCUT2D eigenvalue weighted by Crippen LogP contribution is -2.27. The fourth-order valence-corrected chi connectivity index (χ4v) is 6.07. The number of nitrogens with zero attached hydrogens (tertiary/aromatic N) is 7. The van der Waals surface area contributed by atoms with Crippen LogP contribution < -0.4 is 5.56 Å². The van der Waals surface area contributed by atoms with Gasteiger partial charge in [0.25, 0.3) is 5.56 Å². The van der Waals surface area contributed by atoms with E-state index < -0.39 is 29.4 Å². The van der Waals surface area contributed by atoms with Gasteiger partial charge in [0.1, 0.15) is 17.3 Å². The van der Waals surface area contributed by atoms with E-state index in [2.05, 4.69) is 25.4 Å². The smallest absolute Gasteiger partial charge is 0.356 e. The number of fused-ring (bicyclic) bond motifs is 4. The van der Waals surface area contributed by atoms with Crippen LogP contribution in [0.2, 0.25) is 5.02 Å². The van der Waals surface area contributed by atoms with Crippen LogP contribution in [0.25, 0.3) is 39.2 Å². The highest BCUT2D eigenvalue weighted by Gasteiger charge is 2.55. The van der Waals surface area contributed by atoms with E-state index >= 15 is 4.39 Å². The van der Waals surface area contributed by atoms with Gasteiger partial charge in [-0.15, -0.1) is 5.10 Å². The molecule has 0 saturated heterocycles. The third kappa shape index (κ3) is 4.00. The Labute approximate surface area is 242 Å². The van der Waals surface area contributed by atoms with Gasteiger partial charge in [-0.1, -0.05) is 28.0 Å². The SMILES string of the molecule is Cc1noc2cc(-c3nc(C4C5CC5c5nc(-c6cc(Cl)ccc6-n6cc(C(F)(F)F)nn6)cc(=O)n54)[nH]c3F)ccc12. The fraction of sp³-hybridized carbons (Fsp3) is 0.214. The topological polar surface area (TPSA) is 120 Å². The molecule has 0 bridgehead atoms. The standard InChI is InChI=1S/C28H17ClF4N8O2/c1-11-14-4-2-12(6-20(14)43-38-11)23-25(30)36-26(35-23)24-15-8-16(15)27-34-18(9-22(42)41(24)27)17-7-13(29)3-5-19(17)40-10-21(37-39-40)28(31,32)33/h2-7,9-10,15-16,24H,8H2,1H3,(H,35,36). The first-order chi connectivity index (χ1) is 20.6. The molecule has 1 aliphatic carbocycles. The highest BCUT2D eigenvalue weighted by atomic mass is 35.5. The summed E-state index contributed by atoms with van der Waals surface area (Å²) in [6.07, 6.45) is -3.22. The van der Waals surface area contributed by atoms with Crippen LogP contribution in [0.1, 0.15) is 41.4 Å². The van der Waals surface area contributed by atoms with E-state index in [1.165, 1.54) is 28.8 Å². The van der Waals surface area contributed by atoms with E-state index in [9.17, 15) is 18.0 Å². The van der Waals surface area contributed by atoms with Gasteiger partial charge in [-0.3, -0.25) is 9.36 Å². The zero-order valence-electron chi connectivity index (χ0n) is 21.9. The van der Waals surface area contributed by atoms with Gasteiger partial charge >= 0.3 is 6.18 Å². The Bertz CT molecular complexity index is 2160. The van der Waals surface area contributed by atoms with Crippen molar-refractivity contribution in [3.63, 3.8) is 0 Å². The summed E-state index contributed by atoms with van der Waals surface area (Å²) in [6, 6.07) is 10.4. The molecule has 216 valence electrons. The van der Waals surface area contributed by atoms with Crippen LogP contribution in [0, 0.1) is 18.8 Å². The Morgan fingerprint density at radius 1 is 1.12 bits per heavy atom. The highest BCUT2D eigenvalue weighted by molar-refractivity contribution is 6.31. The largest absolute Gasteiger partial charge is 0.436 e. The summed E-state index contributed by atoms with van der Waals surface area (Å²) in [4.78, 5) is 25.6. The maximum atomic E-state index is 15.2. The van der Waals surface area contributed by atoms with Gasteiger partial charge in [-0.25, -0.2) is 14.6 Å². The summed E-state index contributed by atoms with van der Waals surface area (Å²) in [5.74, 6) is 0.0127. The molecular formula is C28H17ClF4N8O2. The summed E-state index contributed by atoms with van der Waals surface area (Å²) < 4.78 is 62.6. The minimum atomic E-state index is -4.68. The summed E-state index contributed by atoms with van der Waals surface area (Å²) in [5.41, 5.74) is 0.936. The van der Waals surface area contributed by atoms with Crippen LogP contribution >= 0.6 is 11.6 Å². The quantitative estimate of drug-likeness (QED) is 0.249. The Balaban J connectivity index is 1.19. The number of nitrogens with one attached hydrogen (secondary N) is 1. The molecule has 43 heavy (non-hydrogen) atoms. The molecule has 2 aliphatic rings. The van der Waals surface area contributed by atoms with Crippen molar-refractivity contribution in [2.24, 2.45) is 5.92 Å². The molecule has 3 unspecified atom stereocenters. The number of aromatic nitrogens is 8. The average Bonchev–Trinajstić information content (AvgIpc) is 3.31. The number of halogens is 5. The number of hydrogen-bond donors (Lipinski definition) is 1. The second-order valence-corrected chi connectivity index (χ2v) is 11.1. The number of imidazole rings is 1. The normalized spacial score (nSPS) is 19.2. The predicted molar refractivity (Wildman–Crippen MR) is 144 cm³/mol. The monoisotopic (exact) mass is 608 g/mol. The van der Waals surface area contributed by atoms with Gasteiger partial charge < -0.3 is 9.51 Å². The van der Waals surface area contributed by atoms with Crippen LogP contribution in [0.15, 0.2) is 58.0 Å². The Kier molecular flexibility index (Phi) is 5.30. The minimum absolute atomic E-state index is 0.0308. The molecule has 8 rings (SSSR count). The number of hydrogen-bond acceptors (Lipinski definition) is 7. The average molecular weight is 609 g/mol. The van der Waals surface area contributed by atoms with E-state index in [-0.39, 0.29) is 39.8 Å². The minimum Gasteiger partial charge on any atom is -0.356 e. The van der Waals surface area contributed by atoms with E-state index in [0.29, 0.717) is 29.0 Å². The van der Waals surface area contributed by atoms with Crippen molar-refractivity contribution in [3.05, 3.63) is 93.0 Å². The second kappa shape index (κ2) is 8.83. The van der Waals surface area contributed by atoms with Crippen molar-refractivity contribution in [1.82, 2.24) is 39.7 Å². The number of aryl methyl sites for hydroxylation is 1. The Hall–Kier alpha value is -4.85. The zero-order valence-corrected chi connectivity index (χ0v) is 22.7. The highest BCUT2D eigenvalue weighted by Crippen LogP contribution is 2.60. The fourth-order valence-electron chi connectivity index (χ4n) is 5.90. The maximum Gasteiger partial charge on any atom is 0.436 e. The summed E-state index contributed by atoms with van der Waals surface area (Å²) in [7, 11) is 0. The molecular weight excluding hydrogens is 592 g/mol. The van der Waals surface area contributed by atoms with Crippen LogP contribution in [0.3, 0.4) is 0 Å². The van der Waals surface area contributed by atoms with E-state index in [4.69, 9.17) is 21.1 Å². The summed E-state index contributed by atoms with van der Waals surface area (Å²) in [5, 5.41) is 11.9. The van der Waals surface area contributed by atoms with Crippen molar-refractivity contribution < 1.29 is 22.1 Å². The molecule has 1 saturated carbocycles. The molecule has 1 aliphatic heterocycles. The van der Waals surface area contributed by atoms with Gasteiger partial charge in [0.15, 0.2) is 11.3 Å². The Morgan fingerprint density at radius 2 is 1.95 bits per heavy atom. The molecule has 2 aromatic carbocycles. The Morgan fingerprint density at radius 3 is 2.74 bits per heavy atom. The van der Waals surface area contributed by atoms with Gasteiger partial charge in [-0.05, 0) is 49.6 Å². The molecule has 15 heteroatoms. The first-order valence-corrected chi connectivity index (χ1v) is 13.5. The predicted octanol–water partition coefficient (Wildman–Crippen LogP) is 5.85. The summed E-state index contributed by atoms with van der Waals surface area (Å²) in [6.45, 7) is 1.81. The lowest BCUT2D eigenvalue weighted by atomic mass is 10.1. The summed E-state index contributed by atoms with van der Waals surface area (Å²) >= 11 is 6.24. The lowest BCUT2D eigenvalue weighted by Gasteiger charge is -2.17. The number of benzene rings is 2. The van der Waals surface area contributed by atoms with Crippen molar-refractivity contribution in [2.75, 3.05) is 0 Å². The first-order valence-electron chi connectivity index (χ1n) is 13.1. The third-order valence-corrected chi connectivity index (χ3v) is 8.22. The van der Waals surface area contributed by atoms with E-state index in [1.807, 2.05) is 6.92 Å². The second-order valence-electron chi connectivity index (χ2n) is 10.6. The van der Waals surface area contributed by atoms with Crippen LogP contribution in [-0.2, 0) is 6.18 Å².